The summed E-state index contributed by atoms with van der Waals surface area (Å²) in [6.07, 6.45) is 9.40. The van der Waals surface area contributed by atoms with Crippen molar-refractivity contribution in [2.45, 2.75) is 38.1 Å². The number of aromatic amines is 1. The zero-order chi connectivity index (χ0) is 12.7. The molecular weight excluding hydrogens is 232 g/mol. The molecule has 3 N–H and O–H groups in total. The van der Waals surface area contributed by atoms with Crippen molar-refractivity contribution >= 4 is 10.9 Å². The zero-order valence-corrected chi connectivity index (χ0v) is 11.4. The third-order valence-corrected chi connectivity index (χ3v) is 5.35. The van der Waals surface area contributed by atoms with Crippen LogP contribution in [0.2, 0.25) is 0 Å². The average molecular weight is 255 g/mol. The monoisotopic (exact) mass is 255 g/mol. The molecule has 2 saturated carbocycles. The van der Waals surface area contributed by atoms with E-state index < -0.39 is 0 Å². The van der Waals surface area contributed by atoms with Crippen LogP contribution in [0.5, 0.6) is 0 Å². The van der Waals surface area contributed by atoms with Gasteiger partial charge in [-0.15, -0.1) is 0 Å². The molecule has 100 valence electrons. The smallest absolute Gasteiger partial charge is 0.0890 e. The number of hydrogen-bond acceptors (Lipinski definition) is 0. The second kappa shape index (κ2) is 4.68. The van der Waals surface area contributed by atoms with Crippen molar-refractivity contribution in [2.75, 3.05) is 6.54 Å². The van der Waals surface area contributed by atoms with Crippen LogP contribution < -0.4 is 5.32 Å². The number of aromatic nitrogens is 1. The summed E-state index contributed by atoms with van der Waals surface area (Å²) < 4.78 is 0. The van der Waals surface area contributed by atoms with Crippen molar-refractivity contribution < 1.29 is 5.32 Å². The molecule has 2 aromatic rings. The van der Waals surface area contributed by atoms with Gasteiger partial charge in [0.15, 0.2) is 0 Å². The summed E-state index contributed by atoms with van der Waals surface area (Å²) in [4.78, 5) is 3.38. The molecule has 0 unspecified atom stereocenters. The first-order valence-electron chi connectivity index (χ1n) is 7.78. The van der Waals surface area contributed by atoms with Gasteiger partial charge in [0, 0.05) is 35.9 Å². The van der Waals surface area contributed by atoms with Gasteiger partial charge in [-0.2, -0.15) is 0 Å². The van der Waals surface area contributed by atoms with Gasteiger partial charge in [-0.05, 0) is 36.8 Å². The summed E-state index contributed by atoms with van der Waals surface area (Å²) >= 11 is 0. The lowest BCUT2D eigenvalue weighted by Crippen LogP contribution is -2.91. The second-order valence-electron chi connectivity index (χ2n) is 6.47. The van der Waals surface area contributed by atoms with Crippen molar-refractivity contribution in [3.63, 3.8) is 0 Å². The molecular formula is C17H23N2+. The first-order valence-corrected chi connectivity index (χ1v) is 7.78. The van der Waals surface area contributed by atoms with Crippen LogP contribution in [-0.4, -0.2) is 17.6 Å². The molecule has 1 aromatic carbocycles. The fourth-order valence-corrected chi connectivity index (χ4v) is 4.37. The van der Waals surface area contributed by atoms with Crippen LogP contribution >= 0.6 is 0 Å². The van der Waals surface area contributed by atoms with E-state index in [-0.39, 0.29) is 0 Å². The molecule has 1 heterocycles. The largest absolute Gasteiger partial charge is 0.361 e. The van der Waals surface area contributed by atoms with Crippen LogP contribution in [0.25, 0.3) is 10.9 Å². The van der Waals surface area contributed by atoms with E-state index in [0.29, 0.717) is 0 Å². The Hall–Kier alpha value is -1.28. The Labute approximate surface area is 114 Å². The summed E-state index contributed by atoms with van der Waals surface area (Å²) in [5.41, 5.74) is 2.76. The van der Waals surface area contributed by atoms with E-state index in [2.05, 4.69) is 40.8 Å². The van der Waals surface area contributed by atoms with E-state index in [1.54, 1.807) is 0 Å². The first kappa shape index (κ1) is 11.5. The minimum Gasteiger partial charge on any atom is -0.361 e. The minimum absolute atomic E-state index is 0.934. The van der Waals surface area contributed by atoms with Crippen LogP contribution in [0.3, 0.4) is 0 Å². The number of benzene rings is 1. The van der Waals surface area contributed by atoms with Crippen molar-refractivity contribution in [2.24, 2.45) is 11.8 Å². The predicted octanol–water partition coefficient (Wildman–Crippen LogP) is 2.46. The fraction of sp³-hybridized carbons (Fsp3) is 0.529. The Morgan fingerprint density at radius 2 is 2.11 bits per heavy atom. The molecule has 19 heavy (non-hydrogen) atoms. The molecule has 0 aliphatic heterocycles. The van der Waals surface area contributed by atoms with Crippen LogP contribution in [0.1, 0.15) is 31.2 Å². The van der Waals surface area contributed by atoms with Gasteiger partial charge in [0.05, 0.1) is 12.6 Å². The molecule has 2 nitrogen and oxygen atoms in total. The van der Waals surface area contributed by atoms with E-state index in [1.165, 1.54) is 55.1 Å². The maximum absolute atomic E-state index is 3.38. The number of fused-ring (bicyclic) bond motifs is 3. The molecule has 2 bridgehead atoms. The zero-order valence-electron chi connectivity index (χ0n) is 11.4. The fourth-order valence-electron chi connectivity index (χ4n) is 4.37. The number of nitrogens with two attached hydrogens (primary N) is 1. The van der Waals surface area contributed by atoms with Gasteiger partial charge in [0.25, 0.3) is 0 Å². The third kappa shape index (κ3) is 2.08. The average Bonchev–Trinajstić information content (AvgIpc) is 3.14. The SMILES string of the molecule is c1ccc2c(CC[NH2+][C@@H]3C[C@@H]4CC[C@@H]3C4)c[nH]c2c1. The lowest BCUT2D eigenvalue weighted by molar-refractivity contribution is -0.694. The first-order chi connectivity index (χ1) is 9.40. The molecule has 2 fully saturated rings. The van der Waals surface area contributed by atoms with E-state index >= 15 is 0 Å². The lowest BCUT2D eigenvalue weighted by atomic mass is 9.95. The van der Waals surface area contributed by atoms with Crippen LogP contribution in [-0.2, 0) is 6.42 Å². The van der Waals surface area contributed by atoms with Crippen molar-refractivity contribution in [3.05, 3.63) is 36.0 Å². The Morgan fingerprint density at radius 3 is 2.95 bits per heavy atom. The molecule has 2 heteroatoms. The molecule has 1 aromatic heterocycles. The van der Waals surface area contributed by atoms with Crippen molar-refractivity contribution in [1.82, 2.24) is 4.98 Å². The van der Waals surface area contributed by atoms with Gasteiger partial charge in [-0.25, -0.2) is 0 Å². The van der Waals surface area contributed by atoms with Crippen molar-refractivity contribution in [1.29, 1.82) is 0 Å². The summed E-state index contributed by atoms with van der Waals surface area (Å²) in [5, 5.41) is 4.04. The number of nitrogens with one attached hydrogen (secondary N) is 1. The number of quaternary nitrogens is 1. The quantitative estimate of drug-likeness (QED) is 0.841. The van der Waals surface area contributed by atoms with Gasteiger partial charge >= 0.3 is 0 Å². The number of hydrogen-bond donors (Lipinski definition) is 2. The van der Waals surface area contributed by atoms with Crippen LogP contribution in [0, 0.1) is 11.8 Å². The number of rotatable bonds is 4. The summed E-state index contributed by atoms with van der Waals surface area (Å²) in [6, 6.07) is 9.57. The van der Waals surface area contributed by atoms with Gasteiger partial charge < -0.3 is 10.3 Å². The molecule has 2 aliphatic carbocycles. The van der Waals surface area contributed by atoms with Gasteiger partial charge in [0.2, 0.25) is 0 Å². The number of para-hydroxylation sites is 1. The van der Waals surface area contributed by atoms with Gasteiger partial charge in [-0.1, -0.05) is 18.2 Å². The van der Waals surface area contributed by atoms with E-state index in [4.69, 9.17) is 0 Å². The molecule has 3 atom stereocenters. The highest BCUT2D eigenvalue weighted by atomic mass is 14.9. The topological polar surface area (TPSA) is 32.4 Å². The maximum atomic E-state index is 3.38. The Balaban J connectivity index is 1.37. The Morgan fingerprint density at radius 1 is 1.16 bits per heavy atom. The highest BCUT2D eigenvalue weighted by Crippen LogP contribution is 2.42. The molecule has 0 radical (unpaired) electrons. The highest BCUT2D eigenvalue weighted by molar-refractivity contribution is 5.82. The molecule has 0 amide bonds. The van der Waals surface area contributed by atoms with E-state index in [0.717, 1.165) is 17.9 Å². The maximum Gasteiger partial charge on any atom is 0.0890 e. The summed E-state index contributed by atoms with van der Waals surface area (Å²) in [5.74, 6) is 2.10. The van der Waals surface area contributed by atoms with Crippen LogP contribution in [0.15, 0.2) is 30.5 Å². The third-order valence-electron chi connectivity index (χ3n) is 5.35. The van der Waals surface area contributed by atoms with Crippen LogP contribution in [0.4, 0.5) is 0 Å². The van der Waals surface area contributed by atoms with E-state index in [1.807, 2.05) is 0 Å². The minimum atomic E-state index is 0.934. The van der Waals surface area contributed by atoms with Crippen molar-refractivity contribution in [3.8, 4) is 0 Å². The lowest BCUT2D eigenvalue weighted by Gasteiger charge is -2.19. The normalized spacial score (nSPS) is 29.4. The highest BCUT2D eigenvalue weighted by Gasteiger charge is 2.41. The number of H-pyrrole nitrogens is 1. The van der Waals surface area contributed by atoms with Gasteiger partial charge in [0.1, 0.15) is 0 Å². The van der Waals surface area contributed by atoms with E-state index in [9.17, 15) is 0 Å². The summed E-state index contributed by atoms with van der Waals surface area (Å²) in [6.45, 7) is 1.25. The Kier molecular flexibility index (Phi) is 2.84. The Bertz CT molecular complexity index is 571. The molecule has 2 aliphatic rings. The molecule has 4 rings (SSSR count). The summed E-state index contributed by atoms with van der Waals surface area (Å²) in [7, 11) is 0. The predicted molar refractivity (Wildman–Crippen MR) is 78.0 cm³/mol. The molecule has 0 spiro atoms. The van der Waals surface area contributed by atoms with Gasteiger partial charge in [-0.3, -0.25) is 0 Å². The standard InChI is InChI=1S/C17H22N2/c1-2-4-16-15(3-1)14(11-19-16)7-8-18-17-10-12-5-6-13(17)9-12/h1-4,11-13,17-19H,5-10H2/p+1/t12-,13-,17-/m1/s1. The second-order valence-corrected chi connectivity index (χ2v) is 6.47. The molecule has 0 saturated heterocycles.